The summed E-state index contributed by atoms with van der Waals surface area (Å²) in [7, 11) is 0. The van der Waals surface area contributed by atoms with Gasteiger partial charge in [-0.3, -0.25) is 10.1 Å². The highest BCUT2D eigenvalue weighted by molar-refractivity contribution is 5.00. The summed E-state index contributed by atoms with van der Waals surface area (Å²) in [4.78, 5) is 9.89. The molecule has 0 spiro atoms. The van der Waals surface area contributed by atoms with Gasteiger partial charge in [-0.05, 0) is 5.57 Å². The molecule has 0 unspecified atom stereocenters. The maximum Gasteiger partial charge on any atom is 0.255 e. The Morgan fingerprint density at radius 2 is 2.45 bits per heavy atom. The molecule has 1 fully saturated rings. The molecule has 0 aromatic heterocycles. The van der Waals surface area contributed by atoms with Gasteiger partial charge in [-0.15, -0.1) is 0 Å². The van der Waals surface area contributed by atoms with Crippen LogP contribution in [0.3, 0.4) is 0 Å². The number of nitro groups is 1. The molecular formula is C6H10N2O3. The van der Waals surface area contributed by atoms with Crippen molar-refractivity contribution < 1.29 is 9.66 Å². The third-order valence-electron chi connectivity index (χ3n) is 1.63. The smallest absolute Gasteiger partial charge is 0.255 e. The van der Waals surface area contributed by atoms with Crippen molar-refractivity contribution in [3.8, 4) is 0 Å². The van der Waals surface area contributed by atoms with E-state index in [1.165, 1.54) is 0 Å². The van der Waals surface area contributed by atoms with Crippen molar-refractivity contribution in [3.63, 3.8) is 0 Å². The van der Waals surface area contributed by atoms with Gasteiger partial charge in [0.25, 0.3) is 6.04 Å². The lowest BCUT2D eigenvalue weighted by molar-refractivity contribution is -0.537. The van der Waals surface area contributed by atoms with Crippen LogP contribution in [-0.4, -0.2) is 23.8 Å². The zero-order chi connectivity index (χ0) is 8.43. The normalized spacial score (nSPS) is 31.9. The molecule has 1 aliphatic heterocycles. The molecule has 0 radical (unpaired) electrons. The zero-order valence-electron chi connectivity index (χ0n) is 6.03. The first-order valence-corrected chi connectivity index (χ1v) is 3.28. The van der Waals surface area contributed by atoms with Gasteiger partial charge in [0.1, 0.15) is 0 Å². The van der Waals surface area contributed by atoms with Crippen LogP contribution in [0.2, 0.25) is 0 Å². The van der Waals surface area contributed by atoms with Gasteiger partial charge in [0, 0.05) is 11.3 Å². The van der Waals surface area contributed by atoms with Gasteiger partial charge in [-0.25, -0.2) is 0 Å². The van der Waals surface area contributed by atoms with Crippen molar-refractivity contribution in [1.29, 1.82) is 0 Å². The first kappa shape index (κ1) is 8.16. The maximum atomic E-state index is 10.3. The van der Waals surface area contributed by atoms with E-state index in [1.54, 1.807) is 0 Å². The predicted molar refractivity (Wildman–Crippen MR) is 38.5 cm³/mol. The van der Waals surface area contributed by atoms with Crippen LogP contribution in [0.5, 0.6) is 0 Å². The van der Waals surface area contributed by atoms with E-state index in [-0.39, 0.29) is 0 Å². The summed E-state index contributed by atoms with van der Waals surface area (Å²) in [6, 6.07) is -0.823. The molecule has 2 atom stereocenters. The number of nitrogens with zero attached hydrogens (tertiary/aromatic N) is 1. The second-order valence-electron chi connectivity index (χ2n) is 2.58. The molecule has 5 heteroatoms. The van der Waals surface area contributed by atoms with E-state index in [4.69, 9.17) is 10.5 Å². The average Bonchev–Trinajstić information content (AvgIpc) is 1.94. The average molecular weight is 158 g/mol. The molecule has 5 nitrogen and oxygen atoms in total. The molecule has 1 aliphatic rings. The molecule has 2 N–H and O–H groups in total. The number of ether oxygens (including phenoxy) is 1. The number of hydrogen-bond acceptors (Lipinski definition) is 4. The highest BCUT2D eigenvalue weighted by Crippen LogP contribution is 2.16. The molecule has 62 valence electrons. The summed E-state index contributed by atoms with van der Waals surface area (Å²) in [6.07, 6.45) is -0.454. The molecule has 0 amide bonds. The minimum atomic E-state index is -0.823. The number of rotatable bonds is 1. The van der Waals surface area contributed by atoms with E-state index in [9.17, 15) is 10.1 Å². The number of hydrogen-bond donors (Lipinski definition) is 1. The minimum absolute atomic E-state index is 0.328. The van der Waals surface area contributed by atoms with Gasteiger partial charge in [-0.2, -0.15) is 0 Å². The fraction of sp³-hybridized carbons (Fsp3) is 0.667. The van der Waals surface area contributed by atoms with Crippen molar-refractivity contribution in [2.75, 3.05) is 6.61 Å². The van der Waals surface area contributed by atoms with Crippen LogP contribution in [0.1, 0.15) is 6.42 Å². The topological polar surface area (TPSA) is 78.4 Å². The highest BCUT2D eigenvalue weighted by Gasteiger charge is 2.33. The molecule has 0 aromatic rings. The van der Waals surface area contributed by atoms with Crippen LogP contribution in [-0.2, 0) is 4.74 Å². The summed E-state index contributed by atoms with van der Waals surface area (Å²) in [5.74, 6) is 0. The fourth-order valence-corrected chi connectivity index (χ4v) is 0.990. The Balaban J connectivity index is 2.61. The summed E-state index contributed by atoms with van der Waals surface area (Å²) in [5.41, 5.74) is 6.07. The molecule has 0 saturated carbocycles. The Labute approximate surface area is 64.0 Å². The lowest BCUT2D eigenvalue weighted by Crippen LogP contribution is -2.46. The van der Waals surface area contributed by atoms with Crippen LogP contribution < -0.4 is 5.73 Å². The summed E-state index contributed by atoms with van der Waals surface area (Å²) in [5, 5.41) is 10.3. The third-order valence-corrected chi connectivity index (χ3v) is 1.63. The molecular weight excluding hydrogens is 148 g/mol. The maximum absolute atomic E-state index is 10.3. The van der Waals surface area contributed by atoms with Crippen LogP contribution >= 0.6 is 0 Å². The lowest BCUT2D eigenvalue weighted by Gasteiger charge is -2.23. The summed E-state index contributed by atoms with van der Waals surface area (Å²) < 4.78 is 4.90. The van der Waals surface area contributed by atoms with Crippen molar-refractivity contribution in [1.82, 2.24) is 0 Å². The highest BCUT2D eigenvalue weighted by atomic mass is 16.6. The first-order chi connectivity index (χ1) is 5.11. The van der Waals surface area contributed by atoms with Crippen molar-refractivity contribution >= 4 is 0 Å². The fourth-order valence-electron chi connectivity index (χ4n) is 0.990. The van der Waals surface area contributed by atoms with Crippen molar-refractivity contribution in [2.45, 2.75) is 18.7 Å². The third kappa shape index (κ3) is 1.75. The van der Waals surface area contributed by atoms with E-state index in [0.29, 0.717) is 13.0 Å². The van der Waals surface area contributed by atoms with Crippen LogP contribution in [0, 0.1) is 10.1 Å². The van der Waals surface area contributed by atoms with Gasteiger partial charge in [-0.1, -0.05) is 6.58 Å². The molecule has 0 aliphatic carbocycles. The standard InChI is InChI=1S/C6H10N2O3/c1-4-2-5(8(9)10)6(7)11-3-4/h5-6H,1-3,7H2/t5-,6-/m0/s1. The largest absolute Gasteiger partial charge is 0.352 e. The monoisotopic (exact) mass is 158 g/mol. The van der Waals surface area contributed by atoms with Gasteiger partial charge < -0.3 is 10.5 Å². The van der Waals surface area contributed by atoms with E-state index in [0.717, 1.165) is 5.57 Å². The number of nitrogens with two attached hydrogens (primary N) is 1. The van der Waals surface area contributed by atoms with Gasteiger partial charge in [0.05, 0.1) is 6.61 Å². The summed E-state index contributed by atoms with van der Waals surface area (Å²) in [6.45, 7) is 3.94. The minimum Gasteiger partial charge on any atom is -0.352 e. The van der Waals surface area contributed by atoms with Crippen LogP contribution in [0.15, 0.2) is 12.2 Å². The first-order valence-electron chi connectivity index (χ1n) is 3.28. The Morgan fingerprint density at radius 1 is 1.82 bits per heavy atom. The SMILES string of the molecule is C=C1CO[C@H](N)[C@@H]([N+](=O)[O-])C1. The molecule has 0 aromatic carbocycles. The van der Waals surface area contributed by atoms with Crippen molar-refractivity contribution in [2.24, 2.45) is 5.73 Å². The molecule has 1 heterocycles. The van der Waals surface area contributed by atoms with E-state index in [1.807, 2.05) is 0 Å². The van der Waals surface area contributed by atoms with E-state index >= 15 is 0 Å². The van der Waals surface area contributed by atoms with Gasteiger partial charge >= 0.3 is 0 Å². The van der Waals surface area contributed by atoms with Crippen LogP contribution in [0.25, 0.3) is 0 Å². The Bertz CT molecular complexity index is 192. The van der Waals surface area contributed by atoms with E-state index < -0.39 is 17.2 Å². The Kier molecular flexibility index (Phi) is 2.21. The van der Waals surface area contributed by atoms with Gasteiger partial charge in [0.2, 0.25) is 0 Å². The molecule has 1 saturated heterocycles. The zero-order valence-corrected chi connectivity index (χ0v) is 6.03. The van der Waals surface area contributed by atoms with E-state index in [2.05, 4.69) is 6.58 Å². The molecule has 1 rings (SSSR count). The second-order valence-corrected chi connectivity index (χ2v) is 2.58. The molecule has 0 bridgehead atoms. The van der Waals surface area contributed by atoms with Gasteiger partial charge in [0.15, 0.2) is 6.23 Å². The summed E-state index contributed by atoms with van der Waals surface area (Å²) >= 11 is 0. The Morgan fingerprint density at radius 3 is 2.91 bits per heavy atom. The Hall–Kier alpha value is -0.940. The molecule has 11 heavy (non-hydrogen) atoms. The van der Waals surface area contributed by atoms with Crippen molar-refractivity contribution in [3.05, 3.63) is 22.3 Å². The van der Waals surface area contributed by atoms with Crippen LogP contribution in [0.4, 0.5) is 0 Å². The second kappa shape index (κ2) is 2.98. The lowest BCUT2D eigenvalue weighted by atomic mass is 10.1. The quantitative estimate of drug-likeness (QED) is 0.328. The predicted octanol–water partition coefficient (Wildman–Crippen LogP) is -0.107.